The molecule has 0 aliphatic heterocycles. The molecule has 4 heteroatoms. The molecule has 21 heavy (non-hydrogen) atoms. The summed E-state index contributed by atoms with van der Waals surface area (Å²) >= 11 is 1.36. The summed E-state index contributed by atoms with van der Waals surface area (Å²) in [7, 11) is 0. The molecule has 0 aliphatic rings. The van der Waals surface area contributed by atoms with Crippen LogP contribution in [-0.2, 0) is 6.42 Å². The lowest BCUT2D eigenvalue weighted by atomic mass is 10.1. The van der Waals surface area contributed by atoms with Crippen molar-refractivity contribution in [1.82, 2.24) is 9.97 Å². The number of carbonyl (C=O) groups is 1. The molecule has 0 unspecified atom stereocenters. The molecule has 0 aliphatic carbocycles. The molecule has 0 saturated heterocycles. The Balaban J connectivity index is 2.01. The van der Waals surface area contributed by atoms with E-state index in [4.69, 9.17) is 0 Å². The molecule has 0 atom stereocenters. The molecule has 1 aromatic heterocycles. The number of carbonyl (C=O) groups excluding carboxylic acids is 1. The summed E-state index contributed by atoms with van der Waals surface area (Å²) in [4.78, 5) is 20.7. The van der Waals surface area contributed by atoms with E-state index < -0.39 is 0 Å². The highest BCUT2D eigenvalue weighted by molar-refractivity contribution is 8.02. The number of thioether (sulfide) groups is 1. The van der Waals surface area contributed by atoms with Crippen LogP contribution >= 0.6 is 11.8 Å². The second-order valence-corrected chi connectivity index (χ2v) is 5.64. The maximum absolute atomic E-state index is 12.0. The number of rotatable bonds is 5. The van der Waals surface area contributed by atoms with E-state index in [1.54, 1.807) is 11.5 Å². The smallest absolute Gasteiger partial charge is 0.192 e. The number of nitrogens with zero attached hydrogens (tertiary/aromatic N) is 2. The summed E-state index contributed by atoms with van der Waals surface area (Å²) in [5, 5.41) is 2.41. The number of ketones is 1. The molecule has 1 heterocycles. The Morgan fingerprint density at radius 1 is 1.14 bits per heavy atom. The van der Waals surface area contributed by atoms with Crippen LogP contribution in [0.15, 0.2) is 47.0 Å². The fourth-order valence-electron chi connectivity index (χ4n) is 1.90. The van der Waals surface area contributed by atoms with Crippen molar-refractivity contribution in [3.8, 4) is 0 Å². The number of aromatic nitrogens is 2. The third kappa shape index (κ3) is 4.53. The zero-order chi connectivity index (χ0) is 15.2. The van der Waals surface area contributed by atoms with E-state index in [-0.39, 0.29) is 5.78 Å². The van der Waals surface area contributed by atoms with E-state index in [0.29, 0.717) is 10.7 Å². The molecule has 108 valence electrons. The van der Waals surface area contributed by atoms with Gasteiger partial charge < -0.3 is 0 Å². The first-order valence-corrected chi connectivity index (χ1v) is 7.75. The van der Waals surface area contributed by atoms with Gasteiger partial charge in [0.15, 0.2) is 10.9 Å². The Kier molecular flexibility index (Phi) is 5.28. The predicted molar refractivity (Wildman–Crippen MR) is 86.7 cm³/mol. The molecule has 2 rings (SSSR count). The molecular weight excluding hydrogens is 280 g/mol. The summed E-state index contributed by atoms with van der Waals surface area (Å²) in [6, 6.07) is 9.63. The second-order valence-electron chi connectivity index (χ2n) is 4.77. The van der Waals surface area contributed by atoms with E-state index in [1.807, 2.05) is 44.2 Å². The van der Waals surface area contributed by atoms with Crippen molar-refractivity contribution in [1.29, 1.82) is 0 Å². The number of hydrogen-bond acceptors (Lipinski definition) is 4. The largest absolute Gasteiger partial charge is 0.289 e. The van der Waals surface area contributed by atoms with Gasteiger partial charge in [0.1, 0.15) is 0 Å². The monoisotopic (exact) mass is 298 g/mol. The van der Waals surface area contributed by atoms with Gasteiger partial charge in [-0.25, -0.2) is 9.97 Å². The Hall–Kier alpha value is -1.94. The first-order valence-electron chi connectivity index (χ1n) is 6.87. The second kappa shape index (κ2) is 7.18. The molecule has 0 fully saturated rings. The summed E-state index contributed by atoms with van der Waals surface area (Å²) in [6.45, 7) is 5.96. The van der Waals surface area contributed by atoms with Crippen LogP contribution in [0.5, 0.6) is 0 Å². The van der Waals surface area contributed by atoms with Gasteiger partial charge in [-0.1, -0.05) is 43.0 Å². The molecule has 0 N–H and O–H groups in total. The van der Waals surface area contributed by atoms with Crippen molar-refractivity contribution in [2.45, 2.75) is 32.3 Å². The highest BCUT2D eigenvalue weighted by Gasteiger charge is 2.02. The van der Waals surface area contributed by atoms with Gasteiger partial charge in [-0.3, -0.25) is 4.79 Å². The fraction of sp³-hybridized carbons (Fsp3) is 0.235. The highest BCUT2D eigenvalue weighted by atomic mass is 32.2. The molecule has 3 nitrogen and oxygen atoms in total. The standard InChI is InChI=1S/C17H18N2OS/c1-4-14-5-7-15(8-6-14)16(20)9-10-21-17-18-12(2)11-13(3)19-17/h5-11H,4H2,1-3H3/b10-9-. The Morgan fingerprint density at radius 3 is 2.33 bits per heavy atom. The first kappa shape index (κ1) is 15.4. The Bertz CT molecular complexity index is 643. The molecule has 0 amide bonds. The maximum atomic E-state index is 12.0. The van der Waals surface area contributed by atoms with Crippen LogP contribution in [0.25, 0.3) is 0 Å². The maximum Gasteiger partial charge on any atom is 0.192 e. The van der Waals surface area contributed by atoms with Gasteiger partial charge in [0.2, 0.25) is 0 Å². The minimum atomic E-state index is -0.00507. The SMILES string of the molecule is CCc1ccc(C(=O)/C=C\Sc2nc(C)cc(C)n2)cc1. The van der Waals surface area contributed by atoms with Crippen LogP contribution in [0, 0.1) is 13.8 Å². The molecule has 0 spiro atoms. The van der Waals surface area contributed by atoms with Gasteiger partial charge in [-0.2, -0.15) is 0 Å². The molecule has 0 radical (unpaired) electrons. The van der Waals surface area contributed by atoms with Gasteiger partial charge in [0, 0.05) is 17.0 Å². The third-order valence-corrected chi connectivity index (χ3v) is 3.67. The zero-order valence-corrected chi connectivity index (χ0v) is 13.3. The van der Waals surface area contributed by atoms with Crippen LogP contribution in [0.1, 0.15) is 34.2 Å². The van der Waals surface area contributed by atoms with Gasteiger partial charge in [-0.15, -0.1) is 0 Å². The molecule has 2 aromatic rings. The van der Waals surface area contributed by atoms with Crippen LogP contribution < -0.4 is 0 Å². The van der Waals surface area contributed by atoms with E-state index in [2.05, 4.69) is 16.9 Å². The molecular formula is C17H18N2OS. The van der Waals surface area contributed by atoms with E-state index in [0.717, 1.165) is 17.8 Å². The normalized spacial score (nSPS) is 11.0. The third-order valence-electron chi connectivity index (χ3n) is 3.00. The number of allylic oxidation sites excluding steroid dienone is 1. The van der Waals surface area contributed by atoms with Crippen molar-refractivity contribution in [3.05, 3.63) is 64.3 Å². The average molecular weight is 298 g/mol. The van der Waals surface area contributed by atoms with Gasteiger partial charge in [0.05, 0.1) is 0 Å². The quantitative estimate of drug-likeness (QED) is 0.360. The van der Waals surface area contributed by atoms with Crippen molar-refractivity contribution in [2.24, 2.45) is 0 Å². The highest BCUT2D eigenvalue weighted by Crippen LogP contribution is 2.16. The van der Waals surface area contributed by atoms with E-state index >= 15 is 0 Å². The number of aryl methyl sites for hydroxylation is 3. The van der Waals surface area contributed by atoms with Crippen molar-refractivity contribution < 1.29 is 4.79 Å². The lowest BCUT2D eigenvalue weighted by Gasteiger charge is -2.00. The summed E-state index contributed by atoms with van der Waals surface area (Å²) in [5.74, 6) is -0.00507. The number of hydrogen-bond donors (Lipinski definition) is 0. The average Bonchev–Trinajstić information content (AvgIpc) is 2.46. The summed E-state index contributed by atoms with van der Waals surface area (Å²) in [6.07, 6.45) is 2.54. The minimum absolute atomic E-state index is 0.00507. The van der Waals surface area contributed by atoms with Gasteiger partial charge >= 0.3 is 0 Å². The minimum Gasteiger partial charge on any atom is -0.289 e. The fourth-order valence-corrected chi connectivity index (χ4v) is 2.61. The summed E-state index contributed by atoms with van der Waals surface area (Å²) < 4.78 is 0. The van der Waals surface area contributed by atoms with Gasteiger partial charge in [-0.05, 0) is 43.4 Å². The number of benzene rings is 1. The van der Waals surface area contributed by atoms with E-state index in [1.165, 1.54) is 17.3 Å². The van der Waals surface area contributed by atoms with Crippen LogP contribution in [0.4, 0.5) is 0 Å². The molecule has 1 aromatic carbocycles. The molecule has 0 saturated carbocycles. The van der Waals surface area contributed by atoms with Crippen LogP contribution in [-0.4, -0.2) is 15.8 Å². The Morgan fingerprint density at radius 2 is 1.76 bits per heavy atom. The lowest BCUT2D eigenvalue weighted by Crippen LogP contribution is -1.94. The Labute approximate surface area is 129 Å². The predicted octanol–water partition coefficient (Wildman–Crippen LogP) is 4.14. The van der Waals surface area contributed by atoms with Crippen molar-refractivity contribution in [3.63, 3.8) is 0 Å². The molecule has 0 bridgehead atoms. The van der Waals surface area contributed by atoms with Crippen LogP contribution in [0.2, 0.25) is 0 Å². The first-order chi connectivity index (χ1) is 10.1. The summed E-state index contributed by atoms with van der Waals surface area (Å²) in [5.41, 5.74) is 3.79. The zero-order valence-electron chi connectivity index (χ0n) is 12.5. The van der Waals surface area contributed by atoms with Crippen LogP contribution in [0.3, 0.4) is 0 Å². The van der Waals surface area contributed by atoms with Crippen molar-refractivity contribution in [2.75, 3.05) is 0 Å². The van der Waals surface area contributed by atoms with E-state index in [9.17, 15) is 4.79 Å². The topological polar surface area (TPSA) is 42.9 Å². The van der Waals surface area contributed by atoms with Crippen molar-refractivity contribution >= 4 is 17.5 Å². The lowest BCUT2D eigenvalue weighted by molar-refractivity contribution is 0.104. The van der Waals surface area contributed by atoms with Gasteiger partial charge in [0.25, 0.3) is 0 Å².